The summed E-state index contributed by atoms with van der Waals surface area (Å²) in [5.74, 6) is 0.557. The summed E-state index contributed by atoms with van der Waals surface area (Å²) in [5, 5.41) is 13.6. The standard InChI is InChI=1S/C41H39ClN6O4/c42-37-14-7-6-11-31(37)23-24-44-47-40(50)41(27-34-12-4-5-13-35(34)28-45-48-43)38(32-17-15-30(16-18-32)29-9-2-1-3-10-29)52-39(46-41)33-19-21-36(22-20-33)51-26-8-25-49/h1-7,9-22,38,44,49H,8,23-28H2,(H,47,50)/t38-,41-/m0/s1. The Morgan fingerprint density at radius 3 is 2.23 bits per heavy atom. The number of nitrogens with zero attached hydrogens (tertiary/aromatic N) is 4. The maximum absolute atomic E-state index is 14.7. The zero-order valence-electron chi connectivity index (χ0n) is 28.5. The molecule has 0 aromatic heterocycles. The van der Waals surface area contributed by atoms with Crippen molar-refractivity contribution >= 4 is 23.4 Å². The van der Waals surface area contributed by atoms with Crippen LogP contribution in [0.1, 0.15) is 40.3 Å². The Bertz CT molecular complexity index is 2040. The fourth-order valence-electron chi connectivity index (χ4n) is 6.19. The highest BCUT2D eigenvalue weighted by atomic mass is 35.5. The summed E-state index contributed by atoms with van der Waals surface area (Å²) in [5.41, 5.74) is 19.7. The van der Waals surface area contributed by atoms with E-state index in [0.29, 0.717) is 48.2 Å². The molecule has 0 saturated carbocycles. The summed E-state index contributed by atoms with van der Waals surface area (Å²) in [7, 11) is 0. The quantitative estimate of drug-likeness (QED) is 0.0313. The van der Waals surface area contributed by atoms with E-state index in [9.17, 15) is 4.79 Å². The number of carbonyl (C=O) groups excluding carboxylic acids is 1. The molecule has 1 aliphatic rings. The van der Waals surface area contributed by atoms with E-state index in [1.165, 1.54) is 0 Å². The topological polar surface area (TPSA) is 141 Å². The van der Waals surface area contributed by atoms with E-state index in [0.717, 1.165) is 33.4 Å². The van der Waals surface area contributed by atoms with Gasteiger partial charge in [0.25, 0.3) is 5.91 Å². The summed E-state index contributed by atoms with van der Waals surface area (Å²) < 4.78 is 12.5. The molecule has 0 radical (unpaired) electrons. The van der Waals surface area contributed by atoms with Crippen LogP contribution in [0, 0.1) is 0 Å². The van der Waals surface area contributed by atoms with Gasteiger partial charge in [0.2, 0.25) is 5.90 Å². The molecule has 6 rings (SSSR count). The van der Waals surface area contributed by atoms with E-state index in [1.807, 2.05) is 127 Å². The first-order valence-electron chi connectivity index (χ1n) is 17.1. The highest BCUT2D eigenvalue weighted by Gasteiger charge is 2.53. The number of aliphatic hydroxyl groups is 1. The number of hydrogen-bond donors (Lipinski definition) is 3. The lowest BCUT2D eigenvalue weighted by Crippen LogP contribution is -2.54. The number of halogens is 1. The molecule has 11 heteroatoms. The van der Waals surface area contributed by atoms with Crippen LogP contribution in [-0.2, 0) is 28.9 Å². The molecule has 1 aliphatic heterocycles. The highest BCUT2D eigenvalue weighted by molar-refractivity contribution is 6.31. The van der Waals surface area contributed by atoms with E-state index in [-0.39, 0.29) is 25.5 Å². The average molecular weight is 715 g/mol. The molecule has 3 N–H and O–H groups in total. The minimum Gasteiger partial charge on any atom is -0.494 e. The fourth-order valence-corrected chi connectivity index (χ4v) is 6.43. The highest BCUT2D eigenvalue weighted by Crippen LogP contribution is 2.43. The summed E-state index contributed by atoms with van der Waals surface area (Å²) in [6.07, 6.45) is 0.433. The van der Waals surface area contributed by atoms with Gasteiger partial charge in [-0.3, -0.25) is 10.2 Å². The third-order valence-electron chi connectivity index (χ3n) is 8.91. The van der Waals surface area contributed by atoms with E-state index >= 15 is 0 Å². The van der Waals surface area contributed by atoms with Crippen LogP contribution < -0.4 is 15.6 Å². The van der Waals surface area contributed by atoms with Crippen molar-refractivity contribution in [1.29, 1.82) is 0 Å². The predicted molar refractivity (Wildman–Crippen MR) is 203 cm³/mol. The largest absolute Gasteiger partial charge is 0.494 e. The number of azide groups is 1. The Morgan fingerprint density at radius 1 is 0.865 bits per heavy atom. The number of rotatable bonds is 16. The molecule has 10 nitrogen and oxygen atoms in total. The van der Waals surface area contributed by atoms with Gasteiger partial charge in [-0.2, -0.15) is 0 Å². The molecule has 2 atom stereocenters. The first kappa shape index (κ1) is 36.2. The number of ether oxygens (including phenoxy) is 2. The number of hydrogen-bond acceptors (Lipinski definition) is 7. The summed E-state index contributed by atoms with van der Waals surface area (Å²) in [4.78, 5) is 22.8. The number of carbonyl (C=O) groups is 1. The van der Waals surface area contributed by atoms with Gasteiger partial charge < -0.3 is 14.6 Å². The first-order valence-corrected chi connectivity index (χ1v) is 17.5. The van der Waals surface area contributed by atoms with Crippen molar-refractivity contribution in [1.82, 2.24) is 10.9 Å². The summed E-state index contributed by atoms with van der Waals surface area (Å²) in [6.45, 7) is 0.967. The van der Waals surface area contributed by atoms with E-state index < -0.39 is 11.6 Å². The molecule has 5 aromatic carbocycles. The second-order valence-corrected chi connectivity index (χ2v) is 12.7. The second kappa shape index (κ2) is 17.5. The Hall–Kier alpha value is -5.64. The van der Waals surface area contributed by atoms with Gasteiger partial charge in [0.1, 0.15) is 5.75 Å². The number of amides is 1. The maximum Gasteiger partial charge on any atom is 0.266 e. The Labute approximate surface area is 307 Å². The Morgan fingerprint density at radius 2 is 1.52 bits per heavy atom. The molecule has 0 bridgehead atoms. The summed E-state index contributed by atoms with van der Waals surface area (Å²) in [6, 6.07) is 40.5. The van der Waals surface area contributed by atoms with Crippen molar-refractivity contribution in [3.8, 4) is 16.9 Å². The van der Waals surface area contributed by atoms with Gasteiger partial charge in [-0.05, 0) is 75.7 Å². The lowest BCUT2D eigenvalue weighted by molar-refractivity contribution is -0.130. The van der Waals surface area contributed by atoms with Crippen LogP contribution in [0.3, 0.4) is 0 Å². The first-order chi connectivity index (χ1) is 25.5. The van der Waals surface area contributed by atoms with Crippen molar-refractivity contribution in [2.24, 2.45) is 10.1 Å². The normalized spacial score (nSPS) is 16.3. The molecule has 0 aliphatic carbocycles. The molecular weight excluding hydrogens is 676 g/mol. The van der Waals surface area contributed by atoms with Crippen LogP contribution in [0.2, 0.25) is 5.02 Å². The van der Waals surface area contributed by atoms with E-state index in [4.69, 9.17) is 36.7 Å². The fraction of sp³-hybridized carbons (Fsp3) is 0.220. The van der Waals surface area contributed by atoms with E-state index in [2.05, 4.69) is 20.9 Å². The van der Waals surface area contributed by atoms with Crippen LogP contribution in [-0.4, -0.2) is 42.2 Å². The van der Waals surface area contributed by atoms with Gasteiger partial charge in [0.15, 0.2) is 11.6 Å². The molecule has 264 valence electrons. The van der Waals surface area contributed by atoms with Crippen LogP contribution in [0.5, 0.6) is 5.75 Å². The Balaban J connectivity index is 1.39. The lowest BCUT2D eigenvalue weighted by atomic mass is 9.80. The van der Waals surface area contributed by atoms with Gasteiger partial charge >= 0.3 is 0 Å². The number of nitrogens with one attached hydrogen (secondary N) is 2. The minimum atomic E-state index is -1.48. The molecule has 1 heterocycles. The molecule has 0 unspecified atom stereocenters. The molecule has 0 spiro atoms. The molecule has 1 amide bonds. The van der Waals surface area contributed by atoms with E-state index in [1.54, 1.807) is 0 Å². The zero-order chi connectivity index (χ0) is 36.2. The smallest absolute Gasteiger partial charge is 0.266 e. The SMILES string of the molecule is [N-]=[N+]=NCc1ccccc1C[C@]1(C(=O)NNCCc2ccccc2Cl)N=C(c2ccc(OCCCO)cc2)O[C@H]1c1ccc(-c2ccccc2)cc1. The van der Waals surface area contributed by atoms with Crippen LogP contribution in [0.25, 0.3) is 21.6 Å². The third-order valence-corrected chi connectivity index (χ3v) is 9.28. The number of hydrazine groups is 1. The van der Waals surface area contributed by atoms with Crippen molar-refractivity contribution in [2.75, 3.05) is 19.8 Å². The molecule has 0 saturated heterocycles. The van der Waals surface area contributed by atoms with Gasteiger partial charge in [-0.25, -0.2) is 10.4 Å². The third kappa shape index (κ3) is 8.62. The second-order valence-electron chi connectivity index (χ2n) is 12.3. The Kier molecular flexibility index (Phi) is 12.2. The minimum absolute atomic E-state index is 0.0431. The number of benzene rings is 5. The van der Waals surface area contributed by atoms with Crippen molar-refractivity contribution in [2.45, 2.75) is 37.5 Å². The molecule has 52 heavy (non-hydrogen) atoms. The van der Waals surface area contributed by atoms with Crippen molar-refractivity contribution in [3.63, 3.8) is 0 Å². The monoisotopic (exact) mass is 714 g/mol. The van der Waals surface area contributed by atoms with Gasteiger partial charge in [0, 0.05) is 41.5 Å². The maximum atomic E-state index is 14.7. The predicted octanol–water partition coefficient (Wildman–Crippen LogP) is 7.94. The van der Waals surface area contributed by atoms with Gasteiger partial charge in [-0.15, -0.1) is 0 Å². The number of aliphatic imine (C=N–C) groups is 1. The van der Waals surface area contributed by atoms with Crippen LogP contribution in [0.15, 0.2) is 138 Å². The van der Waals surface area contributed by atoms with Crippen LogP contribution >= 0.6 is 11.6 Å². The van der Waals surface area contributed by atoms with Gasteiger partial charge in [-0.1, -0.05) is 114 Å². The average Bonchev–Trinajstić information content (AvgIpc) is 3.58. The van der Waals surface area contributed by atoms with Crippen molar-refractivity contribution in [3.05, 3.63) is 171 Å². The summed E-state index contributed by atoms with van der Waals surface area (Å²) >= 11 is 6.39. The van der Waals surface area contributed by atoms with Crippen LogP contribution in [0.4, 0.5) is 0 Å². The molecule has 0 fully saturated rings. The molecular formula is C41H39ClN6O4. The van der Waals surface area contributed by atoms with Crippen molar-refractivity contribution < 1.29 is 19.4 Å². The lowest BCUT2D eigenvalue weighted by Gasteiger charge is -2.31. The number of aliphatic hydroxyl groups excluding tert-OH is 1. The zero-order valence-corrected chi connectivity index (χ0v) is 29.2. The molecule has 5 aromatic rings. The van der Waals surface area contributed by atoms with Gasteiger partial charge in [0.05, 0.1) is 13.2 Å².